The lowest BCUT2D eigenvalue weighted by molar-refractivity contribution is -0.129. The fourth-order valence-corrected chi connectivity index (χ4v) is 3.87. The van der Waals surface area contributed by atoms with Gasteiger partial charge in [0.05, 0.1) is 7.11 Å². The van der Waals surface area contributed by atoms with Crippen LogP contribution in [0.15, 0.2) is 77.4 Å². The molecule has 0 amide bonds. The molecule has 6 rings (SSSR count). The Kier molecular flexibility index (Phi) is 4.58. The number of benzene rings is 3. The number of carbonyl (C=O) groups is 1. The lowest BCUT2D eigenvalue weighted by Gasteiger charge is -2.21. The molecule has 3 aliphatic heterocycles. The van der Waals surface area contributed by atoms with Gasteiger partial charge in [-0.2, -0.15) is 0 Å². The summed E-state index contributed by atoms with van der Waals surface area (Å²) in [6.07, 6.45) is 1.73. The van der Waals surface area contributed by atoms with E-state index in [-0.39, 0.29) is 18.4 Å². The van der Waals surface area contributed by atoms with Crippen LogP contribution in [-0.2, 0) is 9.53 Å². The number of hydrogen-bond donors (Lipinski definition) is 0. The quantitative estimate of drug-likeness (QED) is 0.419. The number of hydrogen-bond acceptors (Lipinski definition) is 7. The zero-order valence-corrected chi connectivity index (χ0v) is 17.8. The van der Waals surface area contributed by atoms with E-state index < -0.39 is 11.8 Å². The highest BCUT2D eigenvalue weighted by molar-refractivity contribution is 6.15. The maximum Gasteiger partial charge on any atom is 0.364 e. The maximum atomic E-state index is 13.3. The Balaban J connectivity index is 1.51. The number of cyclic esters (lactones) is 1. The molecule has 0 spiro atoms. The molecule has 0 saturated heterocycles. The van der Waals surface area contributed by atoms with Crippen molar-refractivity contribution in [3.63, 3.8) is 0 Å². The van der Waals surface area contributed by atoms with Crippen molar-refractivity contribution in [3.8, 4) is 23.0 Å². The summed E-state index contributed by atoms with van der Waals surface area (Å²) in [6.45, 7) is 0.156. The van der Waals surface area contributed by atoms with Crippen LogP contribution in [0.25, 0.3) is 11.3 Å². The molecule has 8 heteroatoms. The first-order chi connectivity index (χ1) is 16.6. The van der Waals surface area contributed by atoms with Gasteiger partial charge in [0.2, 0.25) is 12.7 Å². The highest BCUT2D eigenvalue weighted by atomic mass is 19.1. The number of halogens is 1. The van der Waals surface area contributed by atoms with Crippen LogP contribution < -0.4 is 18.9 Å². The van der Waals surface area contributed by atoms with Gasteiger partial charge in [-0.1, -0.05) is 0 Å². The van der Waals surface area contributed by atoms with E-state index in [0.29, 0.717) is 45.5 Å². The van der Waals surface area contributed by atoms with Gasteiger partial charge in [-0.15, -0.1) is 0 Å². The number of rotatable bonds is 3. The minimum atomic E-state index is -0.619. The Morgan fingerprint density at radius 3 is 2.47 bits per heavy atom. The summed E-state index contributed by atoms with van der Waals surface area (Å²) >= 11 is 0. The summed E-state index contributed by atoms with van der Waals surface area (Å²) < 4.78 is 41.2. The van der Waals surface area contributed by atoms with Crippen molar-refractivity contribution in [1.82, 2.24) is 0 Å². The summed E-state index contributed by atoms with van der Waals surface area (Å²) in [5.41, 5.74) is 2.46. The van der Waals surface area contributed by atoms with Crippen LogP contribution in [-0.4, -0.2) is 25.8 Å². The third kappa shape index (κ3) is 3.36. The summed E-state index contributed by atoms with van der Waals surface area (Å²) in [4.78, 5) is 17.3. The van der Waals surface area contributed by atoms with Crippen LogP contribution in [0.3, 0.4) is 0 Å². The van der Waals surface area contributed by atoms with Crippen molar-refractivity contribution in [1.29, 1.82) is 0 Å². The van der Waals surface area contributed by atoms with E-state index in [0.717, 1.165) is 5.56 Å². The van der Waals surface area contributed by atoms with Gasteiger partial charge in [-0.25, -0.2) is 14.2 Å². The minimum Gasteiger partial charge on any atom is -0.497 e. The molecule has 0 saturated carbocycles. The van der Waals surface area contributed by atoms with Crippen molar-refractivity contribution in [2.45, 2.75) is 0 Å². The summed E-state index contributed by atoms with van der Waals surface area (Å²) in [5, 5.41) is 0. The average Bonchev–Trinajstić information content (AvgIpc) is 3.49. The molecule has 34 heavy (non-hydrogen) atoms. The van der Waals surface area contributed by atoms with E-state index in [1.54, 1.807) is 37.5 Å². The predicted octanol–water partition coefficient (Wildman–Crippen LogP) is 4.71. The zero-order valence-electron chi connectivity index (χ0n) is 17.8. The van der Waals surface area contributed by atoms with E-state index in [1.807, 2.05) is 12.1 Å². The molecule has 0 N–H and O–H groups in total. The molecule has 3 aliphatic rings. The first-order valence-corrected chi connectivity index (χ1v) is 10.4. The lowest BCUT2D eigenvalue weighted by Crippen LogP contribution is -2.08. The van der Waals surface area contributed by atoms with Gasteiger partial charge in [-0.3, -0.25) is 0 Å². The minimum absolute atomic E-state index is 0.0986. The molecule has 0 aliphatic carbocycles. The number of esters is 1. The van der Waals surface area contributed by atoms with Gasteiger partial charge in [-0.05, 0) is 66.7 Å². The van der Waals surface area contributed by atoms with Crippen LogP contribution in [0, 0.1) is 5.82 Å². The number of fused-ring (bicyclic) bond motifs is 2. The predicted molar refractivity (Wildman–Crippen MR) is 120 cm³/mol. The number of carbonyl (C=O) groups excluding carboxylic acids is 1. The first kappa shape index (κ1) is 20.0. The highest BCUT2D eigenvalue weighted by Crippen LogP contribution is 2.43. The molecule has 0 radical (unpaired) electrons. The summed E-state index contributed by atoms with van der Waals surface area (Å²) in [7, 11) is 1.56. The standard InChI is InChI=1S/C26H16FNO6/c1-30-17-7-9-20-18(11-17)19(12-22(33-20)15-4-8-21-23(10-15)32-13-31-21)24-26(29)34-25(28-24)14-2-5-16(27)6-3-14/h2-12H,13H2,1H3. The van der Waals surface area contributed by atoms with Crippen molar-refractivity contribution >= 4 is 23.2 Å². The van der Waals surface area contributed by atoms with Crippen LogP contribution in [0.5, 0.6) is 23.0 Å². The maximum absolute atomic E-state index is 13.3. The number of allylic oxidation sites excluding steroid dienone is 2. The molecule has 3 aromatic carbocycles. The van der Waals surface area contributed by atoms with Gasteiger partial charge in [0, 0.05) is 22.3 Å². The van der Waals surface area contributed by atoms with Crippen molar-refractivity contribution in [3.05, 3.63) is 94.9 Å². The smallest absolute Gasteiger partial charge is 0.364 e. The van der Waals surface area contributed by atoms with Crippen molar-refractivity contribution in [2.24, 2.45) is 4.99 Å². The largest absolute Gasteiger partial charge is 0.497 e. The Bertz CT molecular complexity index is 1440. The summed E-state index contributed by atoms with van der Waals surface area (Å²) in [6, 6.07) is 16.3. The topological polar surface area (TPSA) is 75.6 Å². The van der Waals surface area contributed by atoms with E-state index in [4.69, 9.17) is 23.7 Å². The molecule has 0 fully saturated rings. The normalized spacial score (nSPS) is 18.0. The van der Waals surface area contributed by atoms with Gasteiger partial charge in [0.15, 0.2) is 17.2 Å². The fourth-order valence-electron chi connectivity index (χ4n) is 3.87. The molecular weight excluding hydrogens is 441 g/mol. The summed E-state index contributed by atoms with van der Waals surface area (Å²) in [5.74, 6) is 1.95. The molecule has 0 aromatic heterocycles. The number of ether oxygens (including phenoxy) is 5. The third-order valence-corrected chi connectivity index (χ3v) is 5.57. The fraction of sp³-hybridized carbons (Fsp3) is 0.0769. The number of nitrogens with zero attached hydrogens (tertiary/aromatic N) is 1. The Hall–Kier alpha value is -4.59. The van der Waals surface area contributed by atoms with E-state index in [9.17, 15) is 9.18 Å². The number of aliphatic imine (C=N–C) groups is 1. The zero-order chi connectivity index (χ0) is 23.2. The van der Waals surface area contributed by atoms with Gasteiger partial charge in [0.1, 0.15) is 23.1 Å². The molecule has 7 nitrogen and oxygen atoms in total. The SMILES string of the molecule is COc1ccc2c(c1)C(=C1N=C(c3ccc(F)cc3)OC1=O)C=C(c1ccc3c(c1)OCO3)O2. The van der Waals surface area contributed by atoms with Gasteiger partial charge < -0.3 is 23.7 Å². The van der Waals surface area contributed by atoms with Gasteiger partial charge >= 0.3 is 5.97 Å². The highest BCUT2D eigenvalue weighted by Gasteiger charge is 2.31. The Labute approximate surface area is 193 Å². The van der Waals surface area contributed by atoms with E-state index in [1.165, 1.54) is 24.3 Å². The van der Waals surface area contributed by atoms with E-state index in [2.05, 4.69) is 4.99 Å². The second-order valence-corrected chi connectivity index (χ2v) is 7.62. The molecule has 0 unspecified atom stereocenters. The first-order valence-electron chi connectivity index (χ1n) is 10.4. The number of methoxy groups -OCH3 is 1. The molecular formula is C26H16FNO6. The second kappa shape index (κ2) is 7.77. The van der Waals surface area contributed by atoms with Crippen molar-refractivity contribution in [2.75, 3.05) is 13.9 Å². The molecule has 168 valence electrons. The molecule has 0 bridgehead atoms. The van der Waals surface area contributed by atoms with E-state index >= 15 is 0 Å². The van der Waals surface area contributed by atoms with Gasteiger partial charge in [0.25, 0.3) is 0 Å². The molecule has 3 aromatic rings. The van der Waals surface area contributed by atoms with Crippen LogP contribution >= 0.6 is 0 Å². The molecule has 3 heterocycles. The monoisotopic (exact) mass is 457 g/mol. The van der Waals surface area contributed by atoms with Crippen LogP contribution in [0.2, 0.25) is 0 Å². The third-order valence-electron chi connectivity index (χ3n) is 5.57. The average molecular weight is 457 g/mol. The molecule has 0 atom stereocenters. The van der Waals surface area contributed by atoms with Crippen LogP contribution in [0.4, 0.5) is 4.39 Å². The van der Waals surface area contributed by atoms with Crippen LogP contribution in [0.1, 0.15) is 16.7 Å². The lowest BCUT2D eigenvalue weighted by atomic mass is 9.97. The Morgan fingerprint density at radius 1 is 0.882 bits per heavy atom. The van der Waals surface area contributed by atoms with Crippen molar-refractivity contribution < 1.29 is 32.9 Å². The Morgan fingerprint density at radius 2 is 1.65 bits per heavy atom. The second-order valence-electron chi connectivity index (χ2n) is 7.62.